The van der Waals surface area contributed by atoms with Crippen LogP contribution in [0.4, 0.5) is 5.69 Å². The molecule has 3 N–H and O–H groups in total. The highest BCUT2D eigenvalue weighted by molar-refractivity contribution is 9.10. The number of hydrogen-bond donors (Lipinski definition) is 3. The number of hydrogen-bond acceptors (Lipinski definition) is 8. The van der Waals surface area contributed by atoms with E-state index >= 15 is 0 Å². The second-order valence-corrected chi connectivity index (χ2v) is 8.16. The number of methoxy groups -OCH3 is 2. The van der Waals surface area contributed by atoms with Crippen LogP contribution in [0.2, 0.25) is 0 Å². The Morgan fingerprint density at radius 2 is 1.78 bits per heavy atom. The summed E-state index contributed by atoms with van der Waals surface area (Å²) in [6.45, 7) is 0. The maximum Gasteiger partial charge on any atom is 0.287 e. The summed E-state index contributed by atoms with van der Waals surface area (Å²) in [5.74, 6) is -0.741. The topological polar surface area (TPSA) is 152 Å². The van der Waals surface area contributed by atoms with Crippen molar-refractivity contribution in [2.45, 2.75) is 0 Å². The first-order valence-corrected chi connectivity index (χ1v) is 11.3. The molecule has 0 heterocycles. The van der Waals surface area contributed by atoms with Gasteiger partial charge in [-0.3, -0.25) is 19.7 Å². The summed E-state index contributed by atoms with van der Waals surface area (Å²) in [6, 6.07) is 15.4. The van der Waals surface area contributed by atoms with Gasteiger partial charge in [0.1, 0.15) is 22.9 Å². The first-order chi connectivity index (χ1) is 17.7. The van der Waals surface area contributed by atoms with E-state index in [1.807, 2.05) is 0 Å². The molecule has 3 aromatic carbocycles. The van der Waals surface area contributed by atoms with Gasteiger partial charge in [0, 0.05) is 34.9 Å². The molecule has 0 aliphatic carbocycles. The number of nitrogens with zero attached hydrogens (tertiary/aromatic N) is 2. The molecular weight excluding hydrogens is 548 g/mol. The molecule has 0 aromatic heterocycles. The molecule has 0 aliphatic heterocycles. The van der Waals surface area contributed by atoms with Crippen LogP contribution in [0.25, 0.3) is 6.08 Å². The average Bonchev–Trinajstić information content (AvgIpc) is 2.90. The normalized spacial score (nSPS) is 11.2. The number of phenolic OH excluding ortho intramolecular Hbond substituents is 1. The second kappa shape index (κ2) is 12.3. The summed E-state index contributed by atoms with van der Waals surface area (Å²) in [5, 5.41) is 27.6. The van der Waals surface area contributed by atoms with E-state index in [-0.39, 0.29) is 27.2 Å². The summed E-state index contributed by atoms with van der Waals surface area (Å²) in [4.78, 5) is 36.2. The van der Waals surface area contributed by atoms with E-state index in [1.165, 1.54) is 20.3 Å². The third-order valence-electron chi connectivity index (χ3n) is 4.93. The number of carbonyl (C=O) groups excluding carboxylic acids is 2. The molecule has 12 heteroatoms. The fraction of sp³-hybridized carbons (Fsp3) is 0.0800. The number of hydrazone groups is 1. The summed E-state index contributed by atoms with van der Waals surface area (Å²) in [7, 11) is 2.95. The molecule has 190 valence electrons. The number of nitro benzene ring substituents is 1. The number of benzene rings is 3. The molecule has 11 nitrogen and oxygen atoms in total. The van der Waals surface area contributed by atoms with Crippen molar-refractivity contribution < 1.29 is 29.1 Å². The molecule has 0 spiro atoms. The molecule has 2 amide bonds. The van der Waals surface area contributed by atoms with Crippen LogP contribution in [0.15, 0.2) is 75.9 Å². The fourth-order valence-electron chi connectivity index (χ4n) is 3.07. The molecule has 3 rings (SSSR count). The van der Waals surface area contributed by atoms with Crippen molar-refractivity contribution >= 4 is 45.7 Å². The van der Waals surface area contributed by atoms with Gasteiger partial charge in [0.05, 0.1) is 29.8 Å². The van der Waals surface area contributed by atoms with Gasteiger partial charge in [-0.1, -0.05) is 18.2 Å². The van der Waals surface area contributed by atoms with Gasteiger partial charge in [0.15, 0.2) is 0 Å². The predicted octanol–water partition coefficient (Wildman–Crippen LogP) is 4.00. The molecular formula is C25H21BrN4O7. The van der Waals surface area contributed by atoms with Gasteiger partial charge < -0.3 is 19.9 Å². The van der Waals surface area contributed by atoms with Gasteiger partial charge >= 0.3 is 0 Å². The summed E-state index contributed by atoms with van der Waals surface area (Å²) in [6.07, 6.45) is 2.43. The smallest absolute Gasteiger partial charge is 0.287 e. The van der Waals surface area contributed by atoms with Crippen molar-refractivity contribution in [3.8, 4) is 17.2 Å². The lowest BCUT2D eigenvalue weighted by Crippen LogP contribution is -2.32. The van der Waals surface area contributed by atoms with Crippen molar-refractivity contribution in [3.05, 3.63) is 97.6 Å². The first kappa shape index (κ1) is 26.9. The van der Waals surface area contributed by atoms with E-state index in [4.69, 9.17) is 9.47 Å². The summed E-state index contributed by atoms with van der Waals surface area (Å²) in [5.41, 5.74) is 2.55. The van der Waals surface area contributed by atoms with Gasteiger partial charge in [0.2, 0.25) is 0 Å². The summed E-state index contributed by atoms with van der Waals surface area (Å²) < 4.78 is 10.6. The van der Waals surface area contributed by atoms with Crippen LogP contribution < -0.4 is 20.2 Å². The minimum Gasteiger partial charge on any atom is -0.506 e. The number of aromatic hydroxyl groups is 1. The molecule has 0 radical (unpaired) electrons. The SMILES string of the molecule is COc1ccc(/C=C(\NC(=O)c2ccccc2)C(=O)N/N=C/c2cc([N+](=O)[O-])cc(Br)c2O)c(OC)c1. The first-order valence-electron chi connectivity index (χ1n) is 10.5. The van der Waals surface area contributed by atoms with E-state index in [9.17, 15) is 24.8 Å². The summed E-state index contributed by atoms with van der Waals surface area (Å²) >= 11 is 3.04. The van der Waals surface area contributed by atoms with E-state index < -0.39 is 16.7 Å². The van der Waals surface area contributed by atoms with Crippen molar-refractivity contribution in [2.75, 3.05) is 14.2 Å². The zero-order valence-corrected chi connectivity index (χ0v) is 21.2. The molecule has 0 bridgehead atoms. The van der Waals surface area contributed by atoms with Gasteiger partial charge in [0.25, 0.3) is 17.5 Å². The van der Waals surface area contributed by atoms with Crippen LogP contribution >= 0.6 is 15.9 Å². The molecule has 3 aromatic rings. The second-order valence-electron chi connectivity index (χ2n) is 7.31. The van der Waals surface area contributed by atoms with E-state index in [0.29, 0.717) is 22.6 Å². The molecule has 0 unspecified atom stereocenters. The Morgan fingerprint density at radius 3 is 2.43 bits per heavy atom. The molecule has 0 aliphatic rings. The van der Waals surface area contributed by atoms with Crippen molar-refractivity contribution in [3.63, 3.8) is 0 Å². The highest BCUT2D eigenvalue weighted by atomic mass is 79.9. The van der Waals surface area contributed by atoms with E-state index in [1.54, 1.807) is 48.5 Å². The Balaban J connectivity index is 1.92. The predicted molar refractivity (Wildman–Crippen MR) is 140 cm³/mol. The lowest BCUT2D eigenvalue weighted by atomic mass is 10.1. The Bertz CT molecular complexity index is 1390. The number of nitro groups is 1. The highest BCUT2D eigenvalue weighted by Crippen LogP contribution is 2.31. The highest BCUT2D eigenvalue weighted by Gasteiger charge is 2.17. The maximum absolute atomic E-state index is 13.0. The lowest BCUT2D eigenvalue weighted by molar-refractivity contribution is -0.385. The van der Waals surface area contributed by atoms with E-state index in [2.05, 4.69) is 31.8 Å². The van der Waals surface area contributed by atoms with Crippen molar-refractivity contribution in [1.29, 1.82) is 0 Å². The molecule has 37 heavy (non-hydrogen) atoms. The van der Waals surface area contributed by atoms with Crippen LogP contribution in [0, 0.1) is 10.1 Å². The number of ether oxygens (including phenoxy) is 2. The average molecular weight is 569 g/mol. The Kier molecular flexibility index (Phi) is 8.95. The largest absolute Gasteiger partial charge is 0.506 e. The standard InChI is InChI=1S/C25H21BrN4O7/c1-36-19-9-8-16(22(13-19)37-2)11-21(28-24(32)15-6-4-3-5-7-15)25(33)29-27-14-17-10-18(30(34)35)12-20(26)23(17)31/h3-14,31H,1-2H3,(H,28,32)(H,29,33)/b21-11-,27-14+. The van der Waals surface area contributed by atoms with Gasteiger partial charge in [-0.25, -0.2) is 5.43 Å². The third-order valence-corrected chi connectivity index (χ3v) is 5.53. The Labute approximate surface area is 219 Å². The molecule has 0 saturated carbocycles. The number of rotatable bonds is 9. The van der Waals surface area contributed by atoms with Crippen molar-refractivity contribution in [2.24, 2.45) is 5.10 Å². The van der Waals surface area contributed by atoms with Gasteiger partial charge in [-0.15, -0.1) is 0 Å². The number of carbonyl (C=O) groups is 2. The number of non-ortho nitro benzene ring substituents is 1. The number of phenols is 1. The third kappa shape index (κ3) is 6.92. The van der Waals surface area contributed by atoms with E-state index in [0.717, 1.165) is 18.3 Å². The van der Waals surface area contributed by atoms with Crippen LogP contribution in [-0.2, 0) is 4.79 Å². The van der Waals surface area contributed by atoms with Crippen LogP contribution in [-0.4, -0.2) is 42.3 Å². The minimum absolute atomic E-state index is 0.0166. The lowest BCUT2D eigenvalue weighted by Gasteiger charge is -2.11. The maximum atomic E-state index is 13.0. The number of halogens is 1. The van der Waals surface area contributed by atoms with Crippen LogP contribution in [0.5, 0.6) is 17.2 Å². The Hall–Kier alpha value is -4.71. The number of nitrogens with one attached hydrogen (secondary N) is 2. The zero-order chi connectivity index (χ0) is 26.9. The monoisotopic (exact) mass is 568 g/mol. The van der Waals surface area contributed by atoms with Crippen LogP contribution in [0.1, 0.15) is 21.5 Å². The Morgan fingerprint density at radius 1 is 1.05 bits per heavy atom. The van der Waals surface area contributed by atoms with Crippen LogP contribution in [0.3, 0.4) is 0 Å². The van der Waals surface area contributed by atoms with Gasteiger partial charge in [-0.2, -0.15) is 5.10 Å². The quantitative estimate of drug-likeness (QED) is 0.152. The zero-order valence-electron chi connectivity index (χ0n) is 19.6. The van der Waals surface area contributed by atoms with Gasteiger partial charge in [-0.05, 0) is 46.3 Å². The fourth-order valence-corrected chi connectivity index (χ4v) is 3.53. The number of amides is 2. The van der Waals surface area contributed by atoms with Crippen molar-refractivity contribution in [1.82, 2.24) is 10.7 Å². The molecule has 0 fully saturated rings. The minimum atomic E-state index is -0.803. The molecule has 0 atom stereocenters. The molecule has 0 saturated heterocycles.